The highest BCUT2D eigenvalue weighted by molar-refractivity contribution is 5.91. The van der Waals surface area contributed by atoms with Crippen molar-refractivity contribution >= 4 is 22.4 Å². The maximum Gasteiger partial charge on any atom is 0.269 e. The van der Waals surface area contributed by atoms with Gasteiger partial charge in [0, 0.05) is 35.7 Å². The molecule has 6 nitrogen and oxygen atoms in total. The lowest BCUT2D eigenvalue weighted by Crippen LogP contribution is -2.35. The first-order valence-corrected chi connectivity index (χ1v) is 10.5. The van der Waals surface area contributed by atoms with E-state index in [1.807, 2.05) is 18.2 Å². The average molecular weight is 402 g/mol. The number of non-ortho nitro benzene ring substituents is 1. The minimum absolute atomic E-state index is 0.0725. The van der Waals surface area contributed by atoms with E-state index in [1.165, 1.54) is 25.0 Å². The first-order chi connectivity index (χ1) is 14.2. The number of benzene rings is 2. The number of para-hydroxylation sites is 1. The van der Waals surface area contributed by atoms with Crippen LogP contribution in [0.15, 0.2) is 48.5 Å². The number of anilines is 1. The molecule has 2 unspecified atom stereocenters. The summed E-state index contributed by atoms with van der Waals surface area (Å²) in [4.78, 5) is 22.9. The van der Waals surface area contributed by atoms with Crippen LogP contribution in [0.3, 0.4) is 0 Å². The van der Waals surface area contributed by atoms with E-state index in [0.29, 0.717) is 22.7 Å². The molecule has 3 aromatic rings. The number of aromatic nitrogens is 2. The Kier molecular flexibility index (Phi) is 4.10. The van der Waals surface area contributed by atoms with Crippen molar-refractivity contribution in [1.29, 1.82) is 0 Å². The van der Waals surface area contributed by atoms with Crippen molar-refractivity contribution in [2.24, 2.45) is 10.8 Å². The van der Waals surface area contributed by atoms with Gasteiger partial charge >= 0.3 is 0 Å². The summed E-state index contributed by atoms with van der Waals surface area (Å²) in [6.45, 7) is 8.16. The Morgan fingerprint density at radius 2 is 1.77 bits per heavy atom. The first kappa shape index (κ1) is 19.0. The molecule has 2 aliphatic rings. The molecule has 1 aliphatic heterocycles. The van der Waals surface area contributed by atoms with E-state index in [1.54, 1.807) is 12.1 Å². The van der Waals surface area contributed by atoms with Crippen molar-refractivity contribution in [2.75, 3.05) is 11.4 Å². The molecule has 2 fully saturated rings. The number of nitrogens with zero attached hydrogens (tertiary/aromatic N) is 4. The Morgan fingerprint density at radius 1 is 1.03 bits per heavy atom. The smallest absolute Gasteiger partial charge is 0.269 e. The molecule has 1 aliphatic carbocycles. The van der Waals surface area contributed by atoms with Gasteiger partial charge in [-0.1, -0.05) is 32.9 Å². The number of fused-ring (bicyclic) bond motifs is 3. The summed E-state index contributed by atoms with van der Waals surface area (Å²) in [6.07, 6.45) is 3.58. The fraction of sp³-hybridized carbons (Fsp3) is 0.417. The lowest BCUT2D eigenvalue weighted by molar-refractivity contribution is -0.384. The van der Waals surface area contributed by atoms with Crippen LogP contribution < -0.4 is 4.90 Å². The van der Waals surface area contributed by atoms with E-state index in [4.69, 9.17) is 9.97 Å². The zero-order valence-electron chi connectivity index (χ0n) is 17.6. The van der Waals surface area contributed by atoms with Crippen LogP contribution in [-0.4, -0.2) is 27.5 Å². The molecular weight excluding hydrogens is 376 g/mol. The molecule has 0 radical (unpaired) electrons. The van der Waals surface area contributed by atoms with Crippen molar-refractivity contribution in [3.05, 3.63) is 58.6 Å². The molecule has 2 atom stereocenters. The van der Waals surface area contributed by atoms with Gasteiger partial charge in [0.25, 0.3) is 5.69 Å². The fourth-order valence-electron chi connectivity index (χ4n) is 5.85. The largest absolute Gasteiger partial charge is 0.352 e. The molecule has 30 heavy (non-hydrogen) atoms. The number of rotatable bonds is 3. The minimum Gasteiger partial charge on any atom is -0.352 e. The molecule has 2 aromatic carbocycles. The second-order valence-corrected chi connectivity index (χ2v) is 10.0. The van der Waals surface area contributed by atoms with Crippen LogP contribution in [0.25, 0.3) is 22.3 Å². The van der Waals surface area contributed by atoms with Gasteiger partial charge in [-0.05, 0) is 54.4 Å². The third-order valence-electron chi connectivity index (χ3n) is 6.61. The van der Waals surface area contributed by atoms with Gasteiger partial charge in [0.05, 0.1) is 10.4 Å². The number of nitro benzene ring substituents is 1. The molecule has 0 spiro atoms. The Balaban J connectivity index is 1.63. The Bertz CT molecular complexity index is 1140. The van der Waals surface area contributed by atoms with E-state index >= 15 is 0 Å². The molecule has 6 heteroatoms. The summed E-state index contributed by atoms with van der Waals surface area (Å²) in [7, 11) is 0. The third kappa shape index (κ3) is 3.20. The lowest BCUT2D eigenvalue weighted by Gasteiger charge is -2.39. The molecule has 5 rings (SSSR count). The van der Waals surface area contributed by atoms with Crippen molar-refractivity contribution in [2.45, 2.75) is 46.1 Å². The van der Waals surface area contributed by atoms with E-state index in [-0.39, 0.29) is 10.6 Å². The molecule has 0 amide bonds. The minimum atomic E-state index is -0.386. The number of nitro groups is 1. The van der Waals surface area contributed by atoms with Gasteiger partial charge in [-0.15, -0.1) is 0 Å². The van der Waals surface area contributed by atoms with Crippen molar-refractivity contribution in [1.82, 2.24) is 9.97 Å². The first-order valence-electron chi connectivity index (χ1n) is 10.5. The van der Waals surface area contributed by atoms with Gasteiger partial charge in [0.1, 0.15) is 5.82 Å². The summed E-state index contributed by atoms with van der Waals surface area (Å²) >= 11 is 0. The van der Waals surface area contributed by atoms with E-state index in [9.17, 15) is 10.1 Å². The SMILES string of the molecule is CC1(C)CC2CC(C)(CN2c2nc(-c3ccc([N+](=O)[O-])cc3)nc3ccccc23)C1. The summed E-state index contributed by atoms with van der Waals surface area (Å²) in [5, 5.41) is 12.1. The van der Waals surface area contributed by atoms with Crippen LogP contribution in [-0.2, 0) is 0 Å². The molecule has 1 saturated heterocycles. The predicted octanol–water partition coefficient (Wildman–Crippen LogP) is 5.61. The summed E-state index contributed by atoms with van der Waals surface area (Å²) in [6, 6.07) is 15.1. The third-order valence-corrected chi connectivity index (χ3v) is 6.61. The summed E-state index contributed by atoms with van der Waals surface area (Å²) < 4.78 is 0. The zero-order chi connectivity index (χ0) is 21.1. The average Bonchev–Trinajstić information content (AvgIpc) is 2.95. The normalized spacial score (nSPS) is 24.9. The maximum absolute atomic E-state index is 11.0. The van der Waals surface area contributed by atoms with Crippen LogP contribution >= 0.6 is 0 Å². The van der Waals surface area contributed by atoms with Crippen LogP contribution in [0, 0.1) is 20.9 Å². The van der Waals surface area contributed by atoms with Crippen molar-refractivity contribution in [3.8, 4) is 11.4 Å². The van der Waals surface area contributed by atoms with Gasteiger partial charge in [-0.25, -0.2) is 9.97 Å². The van der Waals surface area contributed by atoms with Crippen molar-refractivity contribution < 1.29 is 4.92 Å². The van der Waals surface area contributed by atoms with Gasteiger partial charge in [0.2, 0.25) is 0 Å². The van der Waals surface area contributed by atoms with Crippen molar-refractivity contribution in [3.63, 3.8) is 0 Å². The van der Waals surface area contributed by atoms with E-state index in [0.717, 1.165) is 35.2 Å². The molecule has 1 saturated carbocycles. The molecule has 154 valence electrons. The highest BCUT2D eigenvalue weighted by atomic mass is 16.6. The highest BCUT2D eigenvalue weighted by Gasteiger charge is 2.50. The van der Waals surface area contributed by atoms with Crippen LogP contribution in [0.5, 0.6) is 0 Å². The quantitative estimate of drug-likeness (QED) is 0.420. The topological polar surface area (TPSA) is 72.2 Å². The lowest BCUT2D eigenvalue weighted by atomic mass is 9.65. The zero-order valence-corrected chi connectivity index (χ0v) is 17.6. The van der Waals surface area contributed by atoms with Gasteiger partial charge < -0.3 is 4.90 Å². The molecule has 2 heterocycles. The standard InChI is InChI=1S/C24H26N4O2/c1-23(2)12-18-13-24(3,14-23)15-27(18)22-19-6-4-5-7-20(19)25-21(26-22)16-8-10-17(11-9-16)28(29)30/h4-11,18H,12-15H2,1-3H3. The summed E-state index contributed by atoms with van der Waals surface area (Å²) in [5.41, 5.74) is 2.40. The summed E-state index contributed by atoms with van der Waals surface area (Å²) in [5.74, 6) is 1.60. The molecule has 0 N–H and O–H groups in total. The van der Waals surface area contributed by atoms with Crippen LogP contribution in [0.1, 0.15) is 40.0 Å². The van der Waals surface area contributed by atoms with Crippen LogP contribution in [0.2, 0.25) is 0 Å². The van der Waals surface area contributed by atoms with Crippen LogP contribution in [0.4, 0.5) is 11.5 Å². The molecule has 1 aromatic heterocycles. The monoisotopic (exact) mass is 402 g/mol. The van der Waals surface area contributed by atoms with Gasteiger partial charge in [0.15, 0.2) is 5.82 Å². The fourth-order valence-corrected chi connectivity index (χ4v) is 5.85. The van der Waals surface area contributed by atoms with Gasteiger partial charge in [-0.3, -0.25) is 10.1 Å². The second kappa shape index (κ2) is 6.49. The Labute approximate surface area is 176 Å². The number of hydrogen-bond acceptors (Lipinski definition) is 5. The van der Waals surface area contributed by atoms with E-state index in [2.05, 4.69) is 31.7 Å². The Morgan fingerprint density at radius 3 is 2.50 bits per heavy atom. The maximum atomic E-state index is 11.0. The molecular formula is C24H26N4O2. The molecule has 2 bridgehead atoms. The second-order valence-electron chi connectivity index (χ2n) is 10.0. The number of hydrogen-bond donors (Lipinski definition) is 0. The highest BCUT2D eigenvalue weighted by Crippen LogP contribution is 2.53. The van der Waals surface area contributed by atoms with Gasteiger partial charge in [-0.2, -0.15) is 0 Å². The van der Waals surface area contributed by atoms with E-state index < -0.39 is 0 Å². The predicted molar refractivity (Wildman–Crippen MR) is 119 cm³/mol. The Hall–Kier alpha value is -3.02.